The minimum Gasteiger partial charge on any atom is -0.361 e. The fraction of sp³-hybridized carbons (Fsp3) is 0.545. The molecule has 0 saturated heterocycles. The smallest absolute Gasteiger partial charge is 0.340 e. The first-order valence-corrected chi connectivity index (χ1v) is 6.96. The van der Waals surface area contributed by atoms with Gasteiger partial charge in [-0.2, -0.15) is 9.40 Å². The third-order valence-corrected chi connectivity index (χ3v) is 2.97. The van der Waals surface area contributed by atoms with Gasteiger partial charge in [0.15, 0.2) is 0 Å². The standard InChI is InChI=1S/C11H15ClFN5O5/c1-23-8(17-6-7(13)9(19)15-11(17)21)2-4-14-10(20)18(16-22)5-3-12/h6,8H,2-5H2,1H3,(H,14,20)(H,15,19,21)/t8-/m1/s1. The van der Waals surface area contributed by atoms with Crippen LogP contribution in [0.15, 0.2) is 21.1 Å². The molecule has 0 aromatic carbocycles. The number of aromatic nitrogens is 2. The van der Waals surface area contributed by atoms with Gasteiger partial charge in [-0.1, -0.05) is 0 Å². The normalized spacial score (nSPS) is 11.8. The van der Waals surface area contributed by atoms with Gasteiger partial charge in [-0.05, 0) is 0 Å². The van der Waals surface area contributed by atoms with Crippen molar-refractivity contribution in [3.8, 4) is 0 Å². The number of nitrogens with zero attached hydrogens (tertiary/aromatic N) is 3. The van der Waals surface area contributed by atoms with Crippen LogP contribution in [0.2, 0.25) is 0 Å². The number of carbonyl (C=O) groups is 1. The lowest BCUT2D eigenvalue weighted by Crippen LogP contribution is -2.39. The molecule has 1 aromatic heterocycles. The molecule has 0 radical (unpaired) electrons. The van der Waals surface area contributed by atoms with Crippen molar-refractivity contribution in [2.24, 2.45) is 5.29 Å². The van der Waals surface area contributed by atoms with Gasteiger partial charge in [-0.25, -0.2) is 9.59 Å². The Morgan fingerprint density at radius 1 is 1.61 bits per heavy atom. The summed E-state index contributed by atoms with van der Waals surface area (Å²) in [6, 6.07) is -0.768. The molecule has 0 fully saturated rings. The maximum atomic E-state index is 13.2. The van der Waals surface area contributed by atoms with E-state index in [1.165, 1.54) is 7.11 Å². The van der Waals surface area contributed by atoms with E-state index < -0.39 is 29.3 Å². The van der Waals surface area contributed by atoms with E-state index >= 15 is 0 Å². The van der Waals surface area contributed by atoms with Gasteiger partial charge in [0, 0.05) is 26.0 Å². The van der Waals surface area contributed by atoms with E-state index in [-0.39, 0.29) is 25.4 Å². The van der Waals surface area contributed by atoms with Crippen LogP contribution in [-0.2, 0) is 4.74 Å². The highest BCUT2D eigenvalue weighted by Gasteiger charge is 2.16. The Labute approximate surface area is 134 Å². The van der Waals surface area contributed by atoms with Gasteiger partial charge in [0.05, 0.1) is 18.0 Å². The van der Waals surface area contributed by atoms with Crippen LogP contribution in [0.1, 0.15) is 12.6 Å². The first kappa shape index (κ1) is 18.8. The van der Waals surface area contributed by atoms with Crippen molar-refractivity contribution < 1.29 is 13.9 Å². The molecule has 2 N–H and O–H groups in total. The van der Waals surface area contributed by atoms with Gasteiger partial charge in [0.2, 0.25) is 5.82 Å². The number of methoxy groups -OCH3 is 1. The predicted octanol–water partition coefficient (Wildman–Crippen LogP) is 0.143. The first-order chi connectivity index (χ1) is 10.9. The van der Waals surface area contributed by atoms with Crippen molar-refractivity contribution in [2.75, 3.05) is 26.1 Å². The summed E-state index contributed by atoms with van der Waals surface area (Å²) in [4.78, 5) is 46.4. The third kappa shape index (κ3) is 5.14. The average Bonchev–Trinajstić information content (AvgIpc) is 2.53. The van der Waals surface area contributed by atoms with Crippen LogP contribution in [0.5, 0.6) is 0 Å². The summed E-state index contributed by atoms with van der Waals surface area (Å²) in [5.74, 6) is -1.11. The van der Waals surface area contributed by atoms with Crippen molar-refractivity contribution in [1.29, 1.82) is 0 Å². The lowest BCUT2D eigenvalue weighted by atomic mass is 10.3. The number of carbonyl (C=O) groups excluding carboxylic acids is 1. The molecule has 0 aliphatic rings. The average molecular weight is 352 g/mol. The molecule has 0 spiro atoms. The summed E-state index contributed by atoms with van der Waals surface area (Å²) in [6.45, 7) is -0.0615. The number of nitrogens with one attached hydrogen (secondary N) is 2. The Balaban J connectivity index is 2.70. The number of nitroso groups, excluding NO2 is 1. The molecule has 12 heteroatoms. The molecule has 128 valence electrons. The molecule has 0 aliphatic carbocycles. The van der Waals surface area contributed by atoms with Crippen molar-refractivity contribution in [3.63, 3.8) is 0 Å². The number of urea groups is 1. The summed E-state index contributed by atoms with van der Waals surface area (Å²) in [5, 5.41) is 5.47. The number of amides is 2. The summed E-state index contributed by atoms with van der Waals surface area (Å²) >= 11 is 5.41. The molecule has 0 bridgehead atoms. The number of alkyl halides is 1. The Morgan fingerprint density at radius 3 is 2.87 bits per heavy atom. The molecule has 1 atom stereocenters. The van der Waals surface area contributed by atoms with Crippen molar-refractivity contribution in [3.05, 3.63) is 37.8 Å². The highest BCUT2D eigenvalue weighted by atomic mass is 35.5. The van der Waals surface area contributed by atoms with Crippen LogP contribution in [0.3, 0.4) is 0 Å². The highest BCUT2D eigenvalue weighted by molar-refractivity contribution is 6.18. The molecular formula is C11H15ClFN5O5. The third-order valence-electron chi connectivity index (χ3n) is 2.80. The first-order valence-electron chi connectivity index (χ1n) is 6.43. The minimum absolute atomic E-state index is 0.00116. The number of ether oxygens (including phenoxy) is 1. The lowest BCUT2D eigenvalue weighted by Gasteiger charge is -2.19. The van der Waals surface area contributed by atoms with Crippen molar-refractivity contribution >= 4 is 17.6 Å². The van der Waals surface area contributed by atoms with Gasteiger partial charge < -0.3 is 10.1 Å². The second-order valence-electron chi connectivity index (χ2n) is 4.25. The molecule has 1 rings (SSSR count). The maximum absolute atomic E-state index is 13.2. The summed E-state index contributed by atoms with van der Waals surface area (Å²) in [7, 11) is 1.27. The van der Waals surface area contributed by atoms with E-state index in [2.05, 4.69) is 10.6 Å². The highest BCUT2D eigenvalue weighted by Crippen LogP contribution is 2.08. The topological polar surface area (TPSA) is 126 Å². The molecular weight excluding hydrogens is 337 g/mol. The molecule has 0 unspecified atom stereocenters. The second-order valence-corrected chi connectivity index (χ2v) is 4.63. The zero-order valence-electron chi connectivity index (χ0n) is 12.1. The Bertz CT molecular complexity index is 663. The molecule has 0 aliphatic heterocycles. The molecule has 1 aromatic rings. The van der Waals surface area contributed by atoms with Gasteiger partial charge in [0.1, 0.15) is 6.23 Å². The quantitative estimate of drug-likeness (QED) is 0.391. The van der Waals surface area contributed by atoms with Crippen LogP contribution in [0.4, 0.5) is 9.18 Å². The van der Waals surface area contributed by atoms with Crippen LogP contribution in [-0.4, -0.2) is 46.7 Å². The SMILES string of the molecule is CO[C@H](CCNC(=O)N(CCCl)N=O)n1cc(F)c(=O)[nH]c1=O. The fourth-order valence-electron chi connectivity index (χ4n) is 1.70. The Hall–Kier alpha value is -2.27. The summed E-state index contributed by atoms with van der Waals surface area (Å²) in [6.07, 6.45) is -0.148. The monoisotopic (exact) mass is 351 g/mol. The predicted molar refractivity (Wildman–Crippen MR) is 78.6 cm³/mol. The summed E-state index contributed by atoms with van der Waals surface area (Å²) in [5.41, 5.74) is -1.99. The van der Waals surface area contributed by atoms with E-state index in [9.17, 15) is 23.7 Å². The van der Waals surface area contributed by atoms with E-state index in [4.69, 9.17) is 16.3 Å². The Morgan fingerprint density at radius 2 is 2.30 bits per heavy atom. The van der Waals surface area contributed by atoms with E-state index in [1.807, 2.05) is 0 Å². The number of halogens is 2. The maximum Gasteiger partial charge on any atom is 0.340 e. The number of hydrogen-bond donors (Lipinski definition) is 2. The van der Waals surface area contributed by atoms with Gasteiger partial charge in [-0.15, -0.1) is 16.5 Å². The van der Waals surface area contributed by atoms with Crippen LogP contribution < -0.4 is 16.6 Å². The largest absolute Gasteiger partial charge is 0.361 e. The zero-order valence-corrected chi connectivity index (χ0v) is 12.9. The van der Waals surface area contributed by atoms with Crippen molar-refractivity contribution in [2.45, 2.75) is 12.6 Å². The van der Waals surface area contributed by atoms with Crippen LogP contribution in [0, 0.1) is 10.7 Å². The van der Waals surface area contributed by atoms with Gasteiger partial charge >= 0.3 is 11.7 Å². The molecule has 2 amide bonds. The number of rotatable bonds is 8. The number of hydrogen-bond acceptors (Lipinski definition) is 6. The summed E-state index contributed by atoms with van der Waals surface area (Å²) < 4.78 is 19.1. The zero-order chi connectivity index (χ0) is 17.4. The number of aromatic amines is 1. The van der Waals surface area contributed by atoms with E-state index in [1.54, 1.807) is 4.98 Å². The molecule has 10 nitrogen and oxygen atoms in total. The van der Waals surface area contributed by atoms with Crippen LogP contribution >= 0.6 is 11.6 Å². The number of H-pyrrole nitrogens is 1. The second kappa shape index (κ2) is 9.00. The van der Waals surface area contributed by atoms with E-state index in [0.29, 0.717) is 11.2 Å². The van der Waals surface area contributed by atoms with Gasteiger partial charge in [0.25, 0.3) is 5.56 Å². The fourth-order valence-corrected chi connectivity index (χ4v) is 1.86. The van der Waals surface area contributed by atoms with Gasteiger partial charge in [-0.3, -0.25) is 14.3 Å². The lowest BCUT2D eigenvalue weighted by molar-refractivity contribution is 0.0326. The molecule has 0 saturated carbocycles. The van der Waals surface area contributed by atoms with E-state index in [0.717, 1.165) is 4.57 Å². The molecule has 1 heterocycles. The molecule has 23 heavy (non-hydrogen) atoms. The van der Waals surface area contributed by atoms with Crippen molar-refractivity contribution in [1.82, 2.24) is 19.9 Å². The van der Waals surface area contributed by atoms with Crippen LogP contribution in [0.25, 0.3) is 0 Å². The Kier molecular flexibility index (Phi) is 7.35. The minimum atomic E-state index is -1.14.